The average molecular weight is 376 g/mol. The Balaban J connectivity index is 1.41. The van der Waals surface area contributed by atoms with E-state index in [0.29, 0.717) is 22.9 Å². The minimum absolute atomic E-state index is 0.00849. The molecule has 0 unspecified atom stereocenters. The zero-order valence-corrected chi connectivity index (χ0v) is 16.1. The van der Waals surface area contributed by atoms with Gasteiger partial charge in [-0.1, -0.05) is 30.3 Å². The molecule has 4 rings (SSSR count). The number of aromatic nitrogens is 1. The number of hydrogen-bond acceptors (Lipinski definition) is 2. The van der Waals surface area contributed by atoms with Crippen LogP contribution >= 0.6 is 0 Å². The Morgan fingerprint density at radius 3 is 2.54 bits per heavy atom. The predicted molar refractivity (Wildman–Crippen MR) is 110 cm³/mol. The maximum atomic E-state index is 14.1. The molecule has 1 N–H and O–H groups in total. The van der Waals surface area contributed by atoms with Crippen molar-refractivity contribution in [1.29, 1.82) is 0 Å². The molecule has 0 saturated heterocycles. The maximum absolute atomic E-state index is 14.1. The van der Waals surface area contributed by atoms with Gasteiger partial charge in [-0.25, -0.2) is 4.39 Å². The van der Waals surface area contributed by atoms with Gasteiger partial charge in [-0.2, -0.15) is 0 Å². The van der Waals surface area contributed by atoms with Crippen LogP contribution in [0.1, 0.15) is 54.4 Å². The number of amides is 1. The third-order valence-corrected chi connectivity index (χ3v) is 6.07. The number of benzene rings is 2. The number of nitrogens with one attached hydrogen (secondary N) is 1. The van der Waals surface area contributed by atoms with Gasteiger partial charge in [0.05, 0.1) is 0 Å². The fraction of sp³-hybridized carbons (Fsp3) is 0.333. The van der Waals surface area contributed by atoms with Crippen LogP contribution in [0.2, 0.25) is 0 Å². The fourth-order valence-corrected chi connectivity index (χ4v) is 4.45. The van der Waals surface area contributed by atoms with Gasteiger partial charge in [-0.3, -0.25) is 9.78 Å². The maximum Gasteiger partial charge on any atom is 0.251 e. The molecule has 0 spiro atoms. The summed E-state index contributed by atoms with van der Waals surface area (Å²) >= 11 is 0. The standard InChI is InChI=1S/C24H25FN2O/c1-16(27-24(28)19-6-3-2-4-7-19)17-10-12-18(13-11-17)20-14-15-26-23-21(20)8-5-9-22(23)25/h2-9,14-18H,10-13H2,1H3,(H,27,28)/t16-,17?,18?/m1/s1. The molecule has 2 aromatic carbocycles. The minimum atomic E-state index is -0.259. The summed E-state index contributed by atoms with van der Waals surface area (Å²) in [5.74, 6) is 0.616. The number of pyridine rings is 1. The lowest BCUT2D eigenvalue weighted by atomic mass is 9.75. The van der Waals surface area contributed by atoms with Crippen molar-refractivity contribution in [3.05, 3.63) is 77.7 Å². The summed E-state index contributed by atoms with van der Waals surface area (Å²) in [6.07, 6.45) is 5.92. The average Bonchev–Trinajstić information content (AvgIpc) is 2.74. The Labute approximate surface area is 165 Å². The third kappa shape index (κ3) is 3.77. The number of nitrogens with zero attached hydrogens (tertiary/aromatic N) is 1. The van der Waals surface area contributed by atoms with E-state index in [1.807, 2.05) is 42.5 Å². The van der Waals surface area contributed by atoms with E-state index in [2.05, 4.69) is 17.2 Å². The van der Waals surface area contributed by atoms with Crippen LogP contribution in [-0.4, -0.2) is 16.9 Å². The van der Waals surface area contributed by atoms with Crippen LogP contribution in [0.15, 0.2) is 60.8 Å². The second-order valence-corrected chi connectivity index (χ2v) is 7.78. The second kappa shape index (κ2) is 8.09. The number of fused-ring (bicyclic) bond motifs is 1. The summed E-state index contributed by atoms with van der Waals surface area (Å²) in [6.45, 7) is 2.10. The molecule has 1 fully saturated rings. The Hall–Kier alpha value is -2.75. The van der Waals surface area contributed by atoms with E-state index in [-0.39, 0.29) is 17.8 Å². The van der Waals surface area contributed by atoms with Crippen LogP contribution in [0, 0.1) is 11.7 Å². The molecule has 3 nitrogen and oxygen atoms in total. The predicted octanol–water partition coefficient (Wildman–Crippen LogP) is 5.47. The van der Waals surface area contributed by atoms with Crippen LogP contribution in [0.5, 0.6) is 0 Å². The van der Waals surface area contributed by atoms with Crippen molar-refractivity contribution in [3.63, 3.8) is 0 Å². The highest BCUT2D eigenvalue weighted by molar-refractivity contribution is 5.94. The molecule has 1 saturated carbocycles. The molecule has 3 aromatic rings. The van der Waals surface area contributed by atoms with Crippen molar-refractivity contribution < 1.29 is 9.18 Å². The highest BCUT2D eigenvalue weighted by atomic mass is 19.1. The summed E-state index contributed by atoms with van der Waals surface area (Å²) in [7, 11) is 0. The lowest BCUT2D eigenvalue weighted by molar-refractivity contribution is 0.0918. The van der Waals surface area contributed by atoms with Gasteiger partial charge in [0.15, 0.2) is 0 Å². The van der Waals surface area contributed by atoms with Crippen molar-refractivity contribution in [2.75, 3.05) is 0 Å². The zero-order valence-electron chi connectivity index (χ0n) is 16.1. The van der Waals surface area contributed by atoms with E-state index < -0.39 is 0 Å². The summed E-state index contributed by atoms with van der Waals surface area (Å²) in [5, 5.41) is 4.09. The molecule has 0 aliphatic heterocycles. The molecule has 0 radical (unpaired) electrons. The van der Waals surface area contributed by atoms with Crippen molar-refractivity contribution in [2.24, 2.45) is 5.92 Å². The first-order chi connectivity index (χ1) is 13.6. The van der Waals surface area contributed by atoms with Crippen LogP contribution in [0.25, 0.3) is 10.9 Å². The van der Waals surface area contributed by atoms with Gasteiger partial charge in [-0.05, 0) is 74.3 Å². The van der Waals surface area contributed by atoms with Gasteiger partial charge in [0, 0.05) is 23.2 Å². The van der Waals surface area contributed by atoms with Gasteiger partial charge in [0.2, 0.25) is 0 Å². The first kappa shape index (κ1) is 18.6. The van der Waals surface area contributed by atoms with E-state index in [1.165, 1.54) is 11.6 Å². The van der Waals surface area contributed by atoms with Crippen molar-refractivity contribution in [3.8, 4) is 0 Å². The van der Waals surface area contributed by atoms with E-state index in [9.17, 15) is 9.18 Å². The third-order valence-electron chi connectivity index (χ3n) is 6.07. The van der Waals surface area contributed by atoms with Gasteiger partial charge < -0.3 is 5.32 Å². The summed E-state index contributed by atoms with van der Waals surface area (Å²) in [4.78, 5) is 16.6. The number of carbonyl (C=O) groups is 1. The molecule has 28 heavy (non-hydrogen) atoms. The van der Waals surface area contributed by atoms with E-state index >= 15 is 0 Å². The highest BCUT2D eigenvalue weighted by Crippen LogP contribution is 2.39. The lowest BCUT2D eigenvalue weighted by Crippen LogP contribution is -2.39. The Kier molecular flexibility index (Phi) is 5.38. The molecular weight excluding hydrogens is 351 g/mol. The molecule has 1 atom stereocenters. The van der Waals surface area contributed by atoms with Gasteiger partial charge in [0.1, 0.15) is 11.3 Å². The SMILES string of the molecule is C[C@@H](NC(=O)c1ccccc1)C1CCC(c2ccnc3c(F)cccc23)CC1. The highest BCUT2D eigenvalue weighted by Gasteiger charge is 2.28. The topological polar surface area (TPSA) is 42.0 Å². The van der Waals surface area contributed by atoms with Crippen molar-refractivity contribution in [2.45, 2.75) is 44.6 Å². The summed E-state index contributed by atoms with van der Waals surface area (Å²) in [6, 6.07) is 16.7. The molecule has 0 bridgehead atoms. The number of hydrogen-bond donors (Lipinski definition) is 1. The number of halogens is 1. The Bertz CT molecular complexity index is 965. The molecule has 1 amide bonds. The fourth-order valence-electron chi connectivity index (χ4n) is 4.45. The van der Waals surface area contributed by atoms with Crippen LogP contribution < -0.4 is 5.32 Å². The van der Waals surface area contributed by atoms with Gasteiger partial charge in [0.25, 0.3) is 5.91 Å². The first-order valence-electron chi connectivity index (χ1n) is 10.0. The second-order valence-electron chi connectivity index (χ2n) is 7.78. The molecule has 4 heteroatoms. The summed E-state index contributed by atoms with van der Waals surface area (Å²) < 4.78 is 14.1. The molecular formula is C24H25FN2O. The molecule has 144 valence electrons. The molecule has 1 aromatic heterocycles. The normalized spacial score (nSPS) is 20.6. The lowest BCUT2D eigenvalue weighted by Gasteiger charge is -2.33. The summed E-state index contributed by atoms with van der Waals surface area (Å²) in [5.41, 5.74) is 2.36. The van der Waals surface area contributed by atoms with Crippen LogP contribution in [0.3, 0.4) is 0 Å². The smallest absolute Gasteiger partial charge is 0.251 e. The van der Waals surface area contributed by atoms with Gasteiger partial charge in [-0.15, -0.1) is 0 Å². The van der Waals surface area contributed by atoms with Crippen LogP contribution in [0.4, 0.5) is 4.39 Å². The van der Waals surface area contributed by atoms with E-state index in [0.717, 1.165) is 31.1 Å². The van der Waals surface area contributed by atoms with Crippen molar-refractivity contribution >= 4 is 16.8 Å². The van der Waals surface area contributed by atoms with E-state index in [1.54, 1.807) is 12.3 Å². The number of para-hydroxylation sites is 1. The zero-order chi connectivity index (χ0) is 19.5. The minimum Gasteiger partial charge on any atom is -0.349 e. The Morgan fingerprint density at radius 2 is 1.79 bits per heavy atom. The molecule has 1 aliphatic rings. The first-order valence-corrected chi connectivity index (χ1v) is 10.0. The van der Waals surface area contributed by atoms with Gasteiger partial charge >= 0.3 is 0 Å². The number of carbonyl (C=O) groups excluding carboxylic acids is 1. The van der Waals surface area contributed by atoms with Crippen molar-refractivity contribution in [1.82, 2.24) is 10.3 Å². The largest absolute Gasteiger partial charge is 0.349 e. The molecule has 1 heterocycles. The van der Waals surface area contributed by atoms with E-state index in [4.69, 9.17) is 0 Å². The molecule has 1 aliphatic carbocycles. The van der Waals surface area contributed by atoms with Crippen LogP contribution in [-0.2, 0) is 0 Å². The quantitative estimate of drug-likeness (QED) is 0.656. The number of rotatable bonds is 4. The Morgan fingerprint density at radius 1 is 1.04 bits per heavy atom. The monoisotopic (exact) mass is 376 g/mol.